The predicted molar refractivity (Wildman–Crippen MR) is 111 cm³/mol. The molecule has 2 heterocycles. The molecular weight excluding hydrogens is 486 g/mol. The number of piperazine rings is 1. The van der Waals surface area contributed by atoms with Crippen LogP contribution < -0.4 is 0 Å². The highest BCUT2D eigenvalue weighted by Crippen LogP contribution is 2.59. The number of carbonyl (C=O) groups is 1. The summed E-state index contributed by atoms with van der Waals surface area (Å²) < 4.78 is 112. The molecule has 1 amide bonds. The van der Waals surface area contributed by atoms with Crippen LogP contribution in [0.1, 0.15) is 36.0 Å². The zero-order valence-corrected chi connectivity index (χ0v) is 19.2. The van der Waals surface area contributed by atoms with Gasteiger partial charge in [-0.05, 0) is 37.9 Å². The Kier molecular flexibility index (Phi) is 6.61. The summed E-state index contributed by atoms with van der Waals surface area (Å²) in [5, 5.41) is 0. The van der Waals surface area contributed by atoms with Gasteiger partial charge in [0, 0.05) is 57.3 Å². The van der Waals surface area contributed by atoms with Crippen LogP contribution in [0.3, 0.4) is 0 Å². The standard InChI is InChI=1S/C23H27F8N3O/c1-32-8-10-33(11-9-32)13-15-2-3-17(18(12-15)22(26,27)28)21(24,25)16-4-7-34(14-16)19(35)20(5-6-20)23(29,30)31/h2-3,12,16H,4-11,13-14H2,1H3/t16-/m1/s1. The molecule has 1 aliphatic carbocycles. The van der Waals surface area contributed by atoms with Gasteiger partial charge in [0.15, 0.2) is 0 Å². The summed E-state index contributed by atoms with van der Waals surface area (Å²) in [5.41, 5.74) is -4.94. The minimum atomic E-state index is -5.04. The molecule has 35 heavy (non-hydrogen) atoms. The van der Waals surface area contributed by atoms with E-state index in [1.807, 2.05) is 11.9 Å². The average Bonchev–Trinajstić information content (AvgIpc) is 3.44. The first-order valence-corrected chi connectivity index (χ1v) is 11.5. The summed E-state index contributed by atoms with van der Waals surface area (Å²) in [4.78, 5) is 17.2. The van der Waals surface area contributed by atoms with E-state index in [0.717, 1.165) is 30.1 Å². The Bertz CT molecular complexity index is 949. The fraction of sp³-hybridized carbons (Fsp3) is 0.696. The monoisotopic (exact) mass is 513 g/mol. The summed E-state index contributed by atoms with van der Waals surface area (Å²) in [6, 6.07) is 2.76. The molecule has 4 rings (SSSR count). The first-order chi connectivity index (χ1) is 16.1. The van der Waals surface area contributed by atoms with E-state index < -0.39 is 66.0 Å². The van der Waals surface area contributed by atoms with Crippen LogP contribution in [0.5, 0.6) is 0 Å². The Balaban J connectivity index is 1.53. The van der Waals surface area contributed by atoms with E-state index in [2.05, 4.69) is 4.90 Å². The van der Waals surface area contributed by atoms with Crippen molar-refractivity contribution >= 4 is 5.91 Å². The van der Waals surface area contributed by atoms with Gasteiger partial charge in [0.1, 0.15) is 5.41 Å². The Hall–Kier alpha value is -1.95. The lowest BCUT2D eigenvalue weighted by Gasteiger charge is -2.33. The Morgan fingerprint density at radius 3 is 2.11 bits per heavy atom. The van der Waals surface area contributed by atoms with Gasteiger partial charge in [0.05, 0.1) is 5.56 Å². The van der Waals surface area contributed by atoms with Gasteiger partial charge in [-0.25, -0.2) is 8.78 Å². The quantitative estimate of drug-likeness (QED) is 0.533. The molecule has 0 aromatic heterocycles. The molecule has 1 aromatic rings. The van der Waals surface area contributed by atoms with Crippen molar-refractivity contribution in [2.24, 2.45) is 11.3 Å². The number of hydrogen-bond donors (Lipinski definition) is 0. The van der Waals surface area contributed by atoms with Crippen LogP contribution in [-0.4, -0.2) is 73.1 Å². The van der Waals surface area contributed by atoms with Crippen LogP contribution in [0.2, 0.25) is 0 Å². The first-order valence-electron chi connectivity index (χ1n) is 11.5. The van der Waals surface area contributed by atoms with Crippen LogP contribution in [0.25, 0.3) is 0 Å². The molecule has 0 spiro atoms. The summed E-state index contributed by atoms with van der Waals surface area (Å²) in [6.45, 7) is 1.89. The van der Waals surface area contributed by atoms with E-state index in [-0.39, 0.29) is 25.1 Å². The zero-order chi connectivity index (χ0) is 25.8. The lowest BCUT2D eigenvalue weighted by atomic mass is 9.89. The van der Waals surface area contributed by atoms with E-state index in [0.29, 0.717) is 13.1 Å². The molecular formula is C23H27F8N3O. The largest absolute Gasteiger partial charge is 0.416 e. The molecule has 0 bridgehead atoms. The molecule has 1 atom stereocenters. The number of hydrogen-bond acceptors (Lipinski definition) is 3. The molecule has 4 nitrogen and oxygen atoms in total. The normalized spacial score (nSPS) is 24.1. The van der Waals surface area contributed by atoms with E-state index in [1.54, 1.807) is 0 Å². The average molecular weight is 513 g/mol. The van der Waals surface area contributed by atoms with E-state index >= 15 is 8.78 Å². The molecule has 0 N–H and O–H groups in total. The van der Waals surface area contributed by atoms with Crippen molar-refractivity contribution in [2.45, 2.75) is 44.1 Å². The lowest BCUT2D eigenvalue weighted by Crippen LogP contribution is -2.44. The third-order valence-electron chi connectivity index (χ3n) is 7.44. The minimum Gasteiger partial charge on any atom is -0.341 e. The van der Waals surface area contributed by atoms with Crippen molar-refractivity contribution in [3.05, 3.63) is 34.9 Å². The van der Waals surface area contributed by atoms with Gasteiger partial charge >= 0.3 is 12.4 Å². The maximum Gasteiger partial charge on any atom is 0.416 e. The van der Waals surface area contributed by atoms with Crippen molar-refractivity contribution < 1.29 is 39.9 Å². The summed E-state index contributed by atoms with van der Waals surface area (Å²) in [7, 11) is 1.93. The smallest absolute Gasteiger partial charge is 0.341 e. The third-order valence-corrected chi connectivity index (χ3v) is 7.44. The van der Waals surface area contributed by atoms with Crippen molar-refractivity contribution in [1.29, 1.82) is 0 Å². The molecule has 12 heteroatoms. The van der Waals surface area contributed by atoms with Crippen molar-refractivity contribution in [2.75, 3.05) is 46.3 Å². The van der Waals surface area contributed by atoms with Gasteiger partial charge in [0.25, 0.3) is 5.92 Å². The van der Waals surface area contributed by atoms with E-state index in [4.69, 9.17) is 0 Å². The van der Waals surface area contributed by atoms with Crippen molar-refractivity contribution in [3.63, 3.8) is 0 Å². The SMILES string of the molecule is CN1CCN(Cc2ccc(C(F)(F)[C@@H]3CCN(C(=O)C4(C(F)(F)F)CC4)C3)c(C(F)(F)F)c2)CC1. The Labute approximate surface area is 197 Å². The van der Waals surface area contributed by atoms with Gasteiger partial charge in [-0.2, -0.15) is 26.3 Å². The molecule has 196 valence electrons. The van der Waals surface area contributed by atoms with Gasteiger partial charge in [-0.15, -0.1) is 0 Å². The number of halogens is 8. The first kappa shape index (κ1) is 26.1. The van der Waals surface area contributed by atoms with Gasteiger partial charge < -0.3 is 9.80 Å². The number of rotatable bonds is 5. The van der Waals surface area contributed by atoms with Crippen LogP contribution in [0, 0.1) is 11.3 Å². The van der Waals surface area contributed by atoms with Gasteiger partial charge in [-0.3, -0.25) is 9.69 Å². The molecule has 0 radical (unpaired) electrons. The maximum absolute atomic E-state index is 15.4. The van der Waals surface area contributed by atoms with Crippen LogP contribution in [0.4, 0.5) is 35.1 Å². The number of alkyl halides is 8. The summed E-state index contributed by atoms with van der Waals surface area (Å²) in [5.74, 6) is -6.94. The number of benzene rings is 1. The highest BCUT2D eigenvalue weighted by Gasteiger charge is 2.70. The zero-order valence-electron chi connectivity index (χ0n) is 19.2. The number of amides is 1. The number of carbonyl (C=O) groups excluding carboxylic acids is 1. The molecule has 1 saturated carbocycles. The fourth-order valence-corrected chi connectivity index (χ4v) is 4.99. The maximum atomic E-state index is 15.4. The number of likely N-dealkylation sites (tertiary alicyclic amines) is 1. The van der Waals surface area contributed by atoms with E-state index in [9.17, 15) is 31.1 Å². The third kappa shape index (κ3) is 5.00. The van der Waals surface area contributed by atoms with E-state index in [1.165, 1.54) is 6.07 Å². The van der Waals surface area contributed by atoms with Gasteiger partial charge in [-0.1, -0.05) is 12.1 Å². The Morgan fingerprint density at radius 1 is 0.943 bits per heavy atom. The molecule has 2 aliphatic heterocycles. The molecule has 1 aromatic carbocycles. The van der Waals surface area contributed by atoms with Crippen molar-refractivity contribution in [1.82, 2.24) is 14.7 Å². The lowest BCUT2D eigenvalue weighted by molar-refractivity contribution is -0.198. The minimum absolute atomic E-state index is 0.188. The van der Waals surface area contributed by atoms with Crippen LogP contribution >= 0.6 is 0 Å². The molecule has 3 fully saturated rings. The second-order valence-corrected chi connectivity index (χ2v) is 9.90. The van der Waals surface area contributed by atoms with Crippen molar-refractivity contribution in [3.8, 4) is 0 Å². The number of likely N-dealkylation sites (N-methyl/N-ethyl adjacent to an activating group) is 1. The molecule has 3 aliphatic rings. The topological polar surface area (TPSA) is 26.8 Å². The second kappa shape index (κ2) is 8.86. The Morgan fingerprint density at radius 2 is 1.57 bits per heavy atom. The summed E-state index contributed by atoms with van der Waals surface area (Å²) in [6.07, 6.45) is -11.0. The fourth-order valence-electron chi connectivity index (χ4n) is 4.99. The number of nitrogens with zero attached hydrogens (tertiary/aromatic N) is 3. The highest BCUT2D eigenvalue weighted by molar-refractivity contribution is 5.86. The predicted octanol–water partition coefficient (Wildman–Crippen LogP) is 4.74. The molecule has 0 unspecified atom stereocenters. The molecule has 2 saturated heterocycles. The highest BCUT2D eigenvalue weighted by atomic mass is 19.4. The summed E-state index contributed by atoms with van der Waals surface area (Å²) >= 11 is 0. The van der Waals surface area contributed by atoms with Gasteiger partial charge in [0.2, 0.25) is 5.91 Å². The van der Waals surface area contributed by atoms with Crippen LogP contribution in [0.15, 0.2) is 18.2 Å². The second-order valence-electron chi connectivity index (χ2n) is 9.90. The van der Waals surface area contributed by atoms with Crippen LogP contribution in [-0.2, 0) is 23.4 Å².